The molecular weight excluding hydrogens is 389 g/mol. The third kappa shape index (κ3) is 5.37. The predicted molar refractivity (Wildman–Crippen MR) is 110 cm³/mol. The van der Waals surface area contributed by atoms with Crippen LogP contribution in [0.25, 0.3) is 0 Å². The number of amides is 2. The normalized spacial score (nSPS) is 15.7. The molecule has 0 bridgehead atoms. The van der Waals surface area contributed by atoms with Crippen molar-refractivity contribution in [1.82, 2.24) is 15.1 Å². The molecule has 3 rings (SSSR count). The molecule has 8 nitrogen and oxygen atoms in total. The van der Waals surface area contributed by atoms with Crippen molar-refractivity contribution in [2.24, 2.45) is 16.6 Å². The fourth-order valence-corrected chi connectivity index (χ4v) is 3.40. The van der Waals surface area contributed by atoms with Crippen LogP contribution in [-0.4, -0.2) is 67.3 Å². The van der Waals surface area contributed by atoms with Crippen LogP contribution in [0.1, 0.15) is 16.1 Å². The van der Waals surface area contributed by atoms with Crippen LogP contribution in [0.3, 0.4) is 0 Å². The number of nitrogens with one attached hydrogen (secondary N) is 1. The molecule has 2 aromatic rings. The molecule has 1 fully saturated rings. The van der Waals surface area contributed by atoms with Crippen LogP contribution in [0.5, 0.6) is 0 Å². The van der Waals surface area contributed by atoms with E-state index in [2.05, 4.69) is 10.3 Å². The molecule has 1 aliphatic heterocycles. The monoisotopic (exact) mass is 415 g/mol. The van der Waals surface area contributed by atoms with E-state index in [1.54, 1.807) is 36.2 Å². The predicted octanol–water partition coefficient (Wildman–Crippen LogP) is 1.10. The summed E-state index contributed by atoms with van der Waals surface area (Å²) >= 11 is 0. The first-order valence-electron chi connectivity index (χ1n) is 9.80. The number of carbonyl (C=O) groups is 2. The maximum Gasteiger partial charge on any atom is 0.289 e. The molecule has 1 aromatic heterocycles. The van der Waals surface area contributed by atoms with E-state index >= 15 is 0 Å². The molecule has 9 heteroatoms. The van der Waals surface area contributed by atoms with Gasteiger partial charge in [0.1, 0.15) is 5.82 Å². The summed E-state index contributed by atoms with van der Waals surface area (Å²) in [5.74, 6) is -0.375. The van der Waals surface area contributed by atoms with Gasteiger partial charge in [-0.05, 0) is 36.2 Å². The number of piperazine rings is 1. The van der Waals surface area contributed by atoms with E-state index in [0.29, 0.717) is 50.9 Å². The summed E-state index contributed by atoms with van der Waals surface area (Å²) in [6.07, 6.45) is 1.89. The number of benzene rings is 1. The molecule has 2 heterocycles. The molecule has 0 saturated carbocycles. The van der Waals surface area contributed by atoms with Gasteiger partial charge in [-0.3, -0.25) is 14.6 Å². The zero-order valence-electron chi connectivity index (χ0n) is 16.9. The maximum absolute atomic E-state index is 13.1. The highest BCUT2D eigenvalue weighted by molar-refractivity contribution is 5.91. The number of nitrogens with zero attached hydrogens (tertiary/aromatic N) is 3. The van der Waals surface area contributed by atoms with Gasteiger partial charge in [-0.15, -0.1) is 0 Å². The highest BCUT2D eigenvalue weighted by Gasteiger charge is 2.26. The Bertz CT molecular complexity index is 875. The van der Waals surface area contributed by atoms with Crippen molar-refractivity contribution in [3.63, 3.8) is 0 Å². The van der Waals surface area contributed by atoms with Crippen LogP contribution in [0.4, 0.5) is 4.39 Å². The number of nitrogens with two attached hydrogens (primary N) is 1. The SMILES string of the molecule is CN=C(NCC(Cc1ccc(F)cc1)C(N)=O)N1CCN(C(=O)c2ccco2)CC1. The highest BCUT2D eigenvalue weighted by atomic mass is 19.1. The van der Waals surface area contributed by atoms with Gasteiger partial charge in [0, 0.05) is 39.8 Å². The molecule has 0 spiro atoms. The lowest BCUT2D eigenvalue weighted by Gasteiger charge is -2.36. The summed E-state index contributed by atoms with van der Waals surface area (Å²) in [4.78, 5) is 32.3. The number of halogens is 1. The standard InChI is InChI=1S/C21H26FN5O3/c1-24-21(25-14-16(19(23)28)13-15-4-6-17(22)7-5-15)27-10-8-26(9-11-27)20(29)18-3-2-12-30-18/h2-7,12,16H,8-11,13-14H2,1H3,(H2,23,28)(H,24,25). The fourth-order valence-electron chi connectivity index (χ4n) is 3.40. The second-order valence-corrected chi connectivity index (χ2v) is 7.11. The Labute approximate surface area is 174 Å². The number of aliphatic imine (C=N–C) groups is 1. The van der Waals surface area contributed by atoms with Crippen LogP contribution in [0, 0.1) is 11.7 Å². The maximum atomic E-state index is 13.1. The summed E-state index contributed by atoms with van der Waals surface area (Å²) in [6, 6.07) is 9.37. The smallest absolute Gasteiger partial charge is 0.289 e. The van der Waals surface area contributed by atoms with Crippen molar-refractivity contribution >= 4 is 17.8 Å². The van der Waals surface area contributed by atoms with Crippen LogP contribution in [0.2, 0.25) is 0 Å². The quantitative estimate of drug-likeness (QED) is 0.543. The zero-order chi connectivity index (χ0) is 21.5. The number of rotatable bonds is 6. The second kappa shape index (κ2) is 9.91. The van der Waals surface area contributed by atoms with Crippen molar-refractivity contribution in [2.75, 3.05) is 39.8 Å². The van der Waals surface area contributed by atoms with Crippen LogP contribution < -0.4 is 11.1 Å². The Kier molecular flexibility index (Phi) is 7.05. The van der Waals surface area contributed by atoms with Crippen LogP contribution >= 0.6 is 0 Å². The van der Waals surface area contributed by atoms with E-state index in [4.69, 9.17) is 10.2 Å². The minimum atomic E-state index is -0.464. The molecule has 1 aromatic carbocycles. The van der Waals surface area contributed by atoms with Gasteiger partial charge < -0.3 is 25.3 Å². The Balaban J connectivity index is 1.52. The van der Waals surface area contributed by atoms with E-state index in [1.807, 2.05) is 4.90 Å². The van der Waals surface area contributed by atoms with Gasteiger partial charge in [0.15, 0.2) is 11.7 Å². The number of hydrogen-bond acceptors (Lipinski definition) is 4. The van der Waals surface area contributed by atoms with E-state index in [1.165, 1.54) is 18.4 Å². The molecule has 1 aliphatic rings. The number of hydrogen-bond donors (Lipinski definition) is 2. The number of guanidine groups is 1. The third-order valence-electron chi connectivity index (χ3n) is 5.11. The molecule has 30 heavy (non-hydrogen) atoms. The molecule has 3 N–H and O–H groups in total. The number of carbonyl (C=O) groups excluding carboxylic acids is 2. The lowest BCUT2D eigenvalue weighted by molar-refractivity contribution is -0.121. The summed E-state index contributed by atoms with van der Waals surface area (Å²) in [5, 5.41) is 3.20. The third-order valence-corrected chi connectivity index (χ3v) is 5.11. The Morgan fingerprint density at radius 1 is 1.17 bits per heavy atom. The van der Waals surface area contributed by atoms with Gasteiger partial charge in [-0.2, -0.15) is 0 Å². The summed E-state index contributed by atoms with van der Waals surface area (Å²) < 4.78 is 18.3. The van der Waals surface area contributed by atoms with E-state index in [0.717, 1.165) is 5.56 Å². The van der Waals surface area contributed by atoms with Crippen molar-refractivity contribution in [3.8, 4) is 0 Å². The topological polar surface area (TPSA) is 104 Å². The Hall–Kier alpha value is -3.36. The highest BCUT2D eigenvalue weighted by Crippen LogP contribution is 2.12. The zero-order valence-corrected chi connectivity index (χ0v) is 16.9. The van der Waals surface area contributed by atoms with Gasteiger partial charge in [0.25, 0.3) is 5.91 Å². The molecule has 0 radical (unpaired) electrons. The van der Waals surface area contributed by atoms with Crippen molar-refractivity contribution < 1.29 is 18.4 Å². The minimum Gasteiger partial charge on any atom is -0.459 e. The largest absolute Gasteiger partial charge is 0.459 e. The van der Waals surface area contributed by atoms with Crippen molar-refractivity contribution in [1.29, 1.82) is 0 Å². The molecule has 1 unspecified atom stereocenters. The molecule has 0 aliphatic carbocycles. The van der Waals surface area contributed by atoms with E-state index < -0.39 is 11.8 Å². The van der Waals surface area contributed by atoms with Crippen LogP contribution in [0.15, 0.2) is 52.1 Å². The Morgan fingerprint density at radius 3 is 2.40 bits per heavy atom. The summed E-state index contributed by atoms with van der Waals surface area (Å²) in [6.45, 7) is 2.59. The first kappa shape index (κ1) is 21.4. The average Bonchev–Trinajstić information content (AvgIpc) is 3.29. The lowest BCUT2D eigenvalue weighted by Crippen LogP contribution is -2.54. The number of primary amides is 1. The van der Waals surface area contributed by atoms with E-state index in [-0.39, 0.29) is 11.7 Å². The first-order chi connectivity index (χ1) is 14.5. The van der Waals surface area contributed by atoms with Crippen molar-refractivity contribution in [3.05, 3.63) is 59.8 Å². The summed E-state index contributed by atoms with van der Waals surface area (Å²) in [5.41, 5.74) is 6.39. The van der Waals surface area contributed by atoms with E-state index in [9.17, 15) is 14.0 Å². The molecule has 160 valence electrons. The average molecular weight is 415 g/mol. The molecular formula is C21H26FN5O3. The minimum absolute atomic E-state index is 0.129. The lowest BCUT2D eigenvalue weighted by atomic mass is 9.98. The molecule has 2 amide bonds. The molecule has 1 atom stereocenters. The van der Waals surface area contributed by atoms with Gasteiger partial charge in [0.2, 0.25) is 5.91 Å². The van der Waals surface area contributed by atoms with Crippen molar-refractivity contribution in [2.45, 2.75) is 6.42 Å². The van der Waals surface area contributed by atoms with Gasteiger partial charge >= 0.3 is 0 Å². The van der Waals surface area contributed by atoms with Gasteiger partial charge in [-0.25, -0.2) is 4.39 Å². The first-order valence-corrected chi connectivity index (χ1v) is 9.80. The Morgan fingerprint density at radius 2 is 1.83 bits per heavy atom. The fraction of sp³-hybridized carbons (Fsp3) is 0.381. The van der Waals surface area contributed by atoms with Gasteiger partial charge in [0.05, 0.1) is 12.2 Å². The van der Waals surface area contributed by atoms with Crippen LogP contribution in [-0.2, 0) is 11.2 Å². The molecule has 1 saturated heterocycles. The second-order valence-electron chi connectivity index (χ2n) is 7.11. The summed E-state index contributed by atoms with van der Waals surface area (Å²) in [7, 11) is 1.67. The van der Waals surface area contributed by atoms with Gasteiger partial charge in [-0.1, -0.05) is 12.1 Å². The number of furan rings is 1.